The van der Waals surface area contributed by atoms with Crippen LogP contribution in [0.15, 0.2) is 67.1 Å². The fourth-order valence-corrected chi connectivity index (χ4v) is 3.30. The van der Waals surface area contributed by atoms with Crippen LogP contribution in [0.3, 0.4) is 0 Å². The van der Waals surface area contributed by atoms with Crippen molar-refractivity contribution in [3.63, 3.8) is 0 Å². The lowest BCUT2D eigenvalue weighted by Gasteiger charge is -2.08. The predicted molar refractivity (Wildman–Crippen MR) is 113 cm³/mol. The van der Waals surface area contributed by atoms with Gasteiger partial charge >= 0.3 is 0 Å². The first kappa shape index (κ1) is 18.2. The molecular weight excluding hydrogens is 346 g/mol. The Hall–Kier alpha value is -3.14. The molecule has 4 nitrogen and oxygen atoms in total. The zero-order chi connectivity index (χ0) is 19.3. The molecule has 0 amide bonds. The maximum atomic E-state index is 5.92. The Morgan fingerprint density at radius 3 is 2.29 bits per heavy atom. The molecule has 4 rings (SSSR count). The van der Waals surface area contributed by atoms with Gasteiger partial charge in [0.15, 0.2) is 5.65 Å². The lowest BCUT2D eigenvalue weighted by molar-refractivity contribution is 0.305. The first-order chi connectivity index (χ1) is 13.8. The van der Waals surface area contributed by atoms with Crippen LogP contribution in [-0.2, 0) is 19.4 Å². The number of rotatable bonds is 7. The van der Waals surface area contributed by atoms with E-state index in [1.165, 1.54) is 11.1 Å². The van der Waals surface area contributed by atoms with Gasteiger partial charge in [0.2, 0.25) is 0 Å². The van der Waals surface area contributed by atoms with Gasteiger partial charge in [-0.25, -0.2) is 9.97 Å². The van der Waals surface area contributed by atoms with Gasteiger partial charge in [0.1, 0.15) is 24.2 Å². The summed E-state index contributed by atoms with van der Waals surface area (Å²) in [4.78, 5) is 9.10. The molecule has 0 fully saturated rings. The van der Waals surface area contributed by atoms with Gasteiger partial charge in [-0.1, -0.05) is 56.7 Å². The second-order valence-corrected chi connectivity index (χ2v) is 7.00. The first-order valence-electron chi connectivity index (χ1n) is 9.90. The molecule has 0 saturated heterocycles. The van der Waals surface area contributed by atoms with E-state index >= 15 is 0 Å². The number of imidazole rings is 1. The molecule has 2 aromatic carbocycles. The summed E-state index contributed by atoms with van der Waals surface area (Å²) in [6, 6.07) is 19.1. The van der Waals surface area contributed by atoms with E-state index < -0.39 is 0 Å². The normalized spacial score (nSPS) is 11.1. The van der Waals surface area contributed by atoms with Gasteiger partial charge in [0, 0.05) is 11.8 Å². The SMILES string of the molecule is CCCc1ccc(-n2cnc3cc(OCc4ccc(CC)cc4)cnc32)cc1. The van der Waals surface area contributed by atoms with Crippen LogP contribution >= 0.6 is 0 Å². The van der Waals surface area contributed by atoms with Gasteiger partial charge < -0.3 is 4.74 Å². The lowest BCUT2D eigenvalue weighted by atomic mass is 10.1. The van der Waals surface area contributed by atoms with E-state index in [-0.39, 0.29) is 0 Å². The third kappa shape index (κ3) is 3.91. The highest BCUT2D eigenvalue weighted by Crippen LogP contribution is 2.21. The average Bonchev–Trinajstić information content (AvgIpc) is 3.17. The Balaban J connectivity index is 1.50. The van der Waals surface area contributed by atoms with Gasteiger partial charge in [-0.3, -0.25) is 4.57 Å². The second kappa shape index (κ2) is 8.26. The Kier molecular flexibility index (Phi) is 5.38. The molecule has 0 N–H and O–H groups in total. The number of ether oxygens (including phenoxy) is 1. The molecule has 0 atom stereocenters. The number of hydrogen-bond donors (Lipinski definition) is 0. The third-order valence-electron chi connectivity index (χ3n) is 4.95. The molecule has 2 aromatic heterocycles. The molecule has 4 heteroatoms. The van der Waals surface area contributed by atoms with Crippen LogP contribution in [0.1, 0.15) is 37.0 Å². The van der Waals surface area contributed by atoms with E-state index in [9.17, 15) is 0 Å². The lowest BCUT2D eigenvalue weighted by Crippen LogP contribution is -1.97. The molecule has 2 heterocycles. The van der Waals surface area contributed by atoms with Crippen LogP contribution in [0.25, 0.3) is 16.9 Å². The molecule has 0 bridgehead atoms. The summed E-state index contributed by atoms with van der Waals surface area (Å²) >= 11 is 0. The van der Waals surface area contributed by atoms with E-state index in [1.807, 2.05) is 17.0 Å². The maximum Gasteiger partial charge on any atom is 0.164 e. The number of nitrogens with zero attached hydrogens (tertiary/aromatic N) is 3. The summed E-state index contributed by atoms with van der Waals surface area (Å²) in [7, 11) is 0. The largest absolute Gasteiger partial charge is 0.487 e. The van der Waals surface area contributed by atoms with Crippen molar-refractivity contribution in [2.45, 2.75) is 39.7 Å². The molecule has 28 heavy (non-hydrogen) atoms. The molecule has 0 spiro atoms. The minimum Gasteiger partial charge on any atom is -0.487 e. The average molecular weight is 371 g/mol. The van der Waals surface area contributed by atoms with Gasteiger partial charge in [-0.05, 0) is 41.7 Å². The second-order valence-electron chi connectivity index (χ2n) is 7.00. The van der Waals surface area contributed by atoms with Crippen LogP contribution in [-0.4, -0.2) is 14.5 Å². The Morgan fingerprint density at radius 1 is 0.857 bits per heavy atom. The topological polar surface area (TPSA) is 39.9 Å². The van der Waals surface area contributed by atoms with E-state index in [1.54, 1.807) is 6.20 Å². The van der Waals surface area contributed by atoms with Gasteiger partial charge in [0.25, 0.3) is 0 Å². The number of hydrogen-bond acceptors (Lipinski definition) is 3. The minimum absolute atomic E-state index is 0.525. The molecule has 0 aliphatic carbocycles. The Morgan fingerprint density at radius 2 is 1.57 bits per heavy atom. The molecular formula is C24H25N3O. The highest BCUT2D eigenvalue weighted by atomic mass is 16.5. The standard InChI is InChI=1S/C24H25N3O/c1-3-5-19-10-12-21(13-11-19)27-17-26-23-14-22(15-25-24(23)27)28-16-20-8-6-18(4-2)7-9-20/h6-15,17H,3-5,16H2,1-2H3. The minimum atomic E-state index is 0.525. The van der Waals surface area contributed by atoms with E-state index in [0.717, 1.165) is 47.4 Å². The highest BCUT2D eigenvalue weighted by molar-refractivity contribution is 5.74. The maximum absolute atomic E-state index is 5.92. The summed E-state index contributed by atoms with van der Waals surface area (Å²) in [5.41, 5.74) is 6.57. The van der Waals surface area contributed by atoms with Crippen LogP contribution in [0.5, 0.6) is 5.75 Å². The summed E-state index contributed by atoms with van der Waals surface area (Å²) in [6.45, 7) is 4.88. The zero-order valence-electron chi connectivity index (χ0n) is 16.4. The number of fused-ring (bicyclic) bond motifs is 1. The molecule has 4 aromatic rings. The van der Waals surface area contributed by atoms with Gasteiger partial charge in [-0.2, -0.15) is 0 Å². The molecule has 0 aliphatic rings. The highest BCUT2D eigenvalue weighted by Gasteiger charge is 2.08. The van der Waals surface area contributed by atoms with E-state index in [0.29, 0.717) is 6.61 Å². The third-order valence-corrected chi connectivity index (χ3v) is 4.95. The van der Waals surface area contributed by atoms with Gasteiger partial charge in [0.05, 0.1) is 6.20 Å². The Labute approximate surface area is 165 Å². The molecule has 0 aliphatic heterocycles. The van der Waals surface area contributed by atoms with Crippen molar-refractivity contribution in [1.29, 1.82) is 0 Å². The number of aryl methyl sites for hydroxylation is 2. The van der Waals surface area contributed by atoms with Crippen LogP contribution in [0.4, 0.5) is 0 Å². The van der Waals surface area contributed by atoms with E-state index in [4.69, 9.17) is 4.74 Å². The van der Waals surface area contributed by atoms with Crippen molar-refractivity contribution >= 4 is 11.2 Å². The molecule has 142 valence electrons. The monoisotopic (exact) mass is 371 g/mol. The summed E-state index contributed by atoms with van der Waals surface area (Å²) in [5, 5.41) is 0. The van der Waals surface area contributed by atoms with E-state index in [2.05, 4.69) is 72.3 Å². The van der Waals surface area contributed by atoms with Crippen molar-refractivity contribution in [2.75, 3.05) is 0 Å². The fourth-order valence-electron chi connectivity index (χ4n) is 3.30. The molecule has 0 radical (unpaired) electrons. The smallest absolute Gasteiger partial charge is 0.164 e. The molecule has 0 saturated carbocycles. The number of aromatic nitrogens is 3. The number of benzene rings is 2. The van der Waals surface area contributed by atoms with Crippen molar-refractivity contribution in [3.8, 4) is 11.4 Å². The summed E-state index contributed by atoms with van der Waals surface area (Å²) in [5.74, 6) is 0.732. The number of pyridine rings is 1. The fraction of sp³-hybridized carbons (Fsp3) is 0.250. The van der Waals surface area contributed by atoms with Crippen molar-refractivity contribution in [3.05, 3.63) is 83.8 Å². The predicted octanol–water partition coefficient (Wildman–Crippen LogP) is 5.51. The first-order valence-corrected chi connectivity index (χ1v) is 9.90. The van der Waals surface area contributed by atoms with Crippen LogP contribution in [0, 0.1) is 0 Å². The van der Waals surface area contributed by atoms with Crippen molar-refractivity contribution in [1.82, 2.24) is 14.5 Å². The zero-order valence-corrected chi connectivity index (χ0v) is 16.4. The van der Waals surface area contributed by atoms with Crippen molar-refractivity contribution in [2.24, 2.45) is 0 Å². The Bertz CT molecular complexity index is 1050. The van der Waals surface area contributed by atoms with Crippen molar-refractivity contribution < 1.29 is 4.74 Å². The van der Waals surface area contributed by atoms with Crippen LogP contribution in [0.2, 0.25) is 0 Å². The summed E-state index contributed by atoms with van der Waals surface area (Å²) < 4.78 is 7.93. The van der Waals surface area contributed by atoms with Gasteiger partial charge in [-0.15, -0.1) is 0 Å². The molecule has 0 unspecified atom stereocenters. The summed E-state index contributed by atoms with van der Waals surface area (Å²) in [6.07, 6.45) is 6.89. The van der Waals surface area contributed by atoms with Crippen LogP contribution < -0.4 is 4.74 Å². The quantitative estimate of drug-likeness (QED) is 0.430.